The number of benzene rings is 2. The van der Waals surface area contributed by atoms with E-state index in [1.807, 2.05) is 0 Å². The van der Waals surface area contributed by atoms with Crippen LogP contribution in [0.4, 0.5) is 18.0 Å². The minimum atomic E-state index is -4.55. The zero-order valence-electron chi connectivity index (χ0n) is 19.6. The third-order valence-electron chi connectivity index (χ3n) is 5.03. The minimum Gasteiger partial charge on any atom is -0.444 e. The van der Waals surface area contributed by atoms with Gasteiger partial charge in [0.25, 0.3) is 0 Å². The summed E-state index contributed by atoms with van der Waals surface area (Å²) in [5, 5.41) is 0. The molecule has 3 rings (SSSR count). The first kappa shape index (κ1) is 27.1. The first-order valence-electron chi connectivity index (χ1n) is 10.9. The molecule has 0 atom stereocenters. The predicted molar refractivity (Wildman–Crippen MR) is 133 cm³/mol. The summed E-state index contributed by atoms with van der Waals surface area (Å²) in [6, 6.07) is 11.1. The highest BCUT2D eigenvalue weighted by molar-refractivity contribution is 9.10. The standard InChI is InChI=1S/C25H26BrF3N2O3S/c1-24(2,3)34-23(33)31-14-12-30(13-15-31)22(32)11-9-17-8-10-20(18(16-17)25(27,28)29)35-21-7-5-4-6-19(21)26/h4-11,16H,12-15H2,1-3H3. The van der Waals surface area contributed by atoms with Gasteiger partial charge in [0.05, 0.1) is 5.56 Å². The van der Waals surface area contributed by atoms with Crippen LogP contribution in [-0.2, 0) is 15.7 Å². The average molecular weight is 571 g/mol. The predicted octanol–water partition coefficient (Wildman–Crippen LogP) is 6.71. The van der Waals surface area contributed by atoms with E-state index in [2.05, 4.69) is 15.9 Å². The quantitative estimate of drug-likeness (QED) is 0.383. The number of rotatable bonds is 4. The van der Waals surface area contributed by atoms with Gasteiger partial charge in [0, 0.05) is 46.5 Å². The fourth-order valence-corrected chi connectivity index (χ4v) is 4.81. The van der Waals surface area contributed by atoms with E-state index in [4.69, 9.17) is 4.74 Å². The molecule has 35 heavy (non-hydrogen) atoms. The van der Waals surface area contributed by atoms with E-state index >= 15 is 0 Å². The Morgan fingerprint density at radius 2 is 1.60 bits per heavy atom. The van der Waals surface area contributed by atoms with E-state index in [0.29, 0.717) is 35.5 Å². The molecule has 0 radical (unpaired) electrons. The molecule has 0 saturated carbocycles. The van der Waals surface area contributed by atoms with Crippen molar-refractivity contribution in [3.05, 3.63) is 64.1 Å². The second-order valence-electron chi connectivity index (χ2n) is 8.91. The van der Waals surface area contributed by atoms with Crippen LogP contribution in [0.2, 0.25) is 0 Å². The van der Waals surface area contributed by atoms with Gasteiger partial charge in [0.2, 0.25) is 5.91 Å². The van der Waals surface area contributed by atoms with Crippen LogP contribution in [-0.4, -0.2) is 53.6 Å². The molecule has 0 unspecified atom stereocenters. The van der Waals surface area contributed by atoms with Crippen molar-refractivity contribution in [1.82, 2.24) is 9.80 Å². The van der Waals surface area contributed by atoms with Crippen LogP contribution in [0.15, 0.2) is 62.8 Å². The van der Waals surface area contributed by atoms with E-state index in [1.54, 1.807) is 56.0 Å². The normalized spacial score (nSPS) is 14.9. The molecule has 0 spiro atoms. The zero-order chi connectivity index (χ0) is 25.8. The maximum atomic E-state index is 13.8. The highest BCUT2D eigenvalue weighted by Gasteiger charge is 2.34. The Kier molecular flexibility index (Phi) is 8.58. The number of nitrogens with zero attached hydrogens (tertiary/aromatic N) is 2. The SMILES string of the molecule is CC(C)(C)OC(=O)N1CCN(C(=O)C=Cc2ccc(Sc3ccccc3Br)c(C(F)(F)F)c2)CC1. The summed E-state index contributed by atoms with van der Waals surface area (Å²) in [5.41, 5.74) is -1.10. The molecule has 2 amide bonds. The van der Waals surface area contributed by atoms with Crippen molar-refractivity contribution in [2.45, 2.75) is 42.3 Å². The second-order valence-corrected chi connectivity index (χ2v) is 10.8. The number of piperazine rings is 1. The Hall–Kier alpha value is -2.46. The van der Waals surface area contributed by atoms with E-state index in [0.717, 1.165) is 17.8 Å². The summed E-state index contributed by atoms with van der Waals surface area (Å²) in [6.45, 7) is 6.64. The van der Waals surface area contributed by atoms with Crippen LogP contribution in [0.1, 0.15) is 31.9 Å². The molecule has 10 heteroatoms. The number of halogens is 4. The molecule has 1 fully saturated rings. The molecule has 0 aliphatic carbocycles. The molecule has 0 N–H and O–H groups in total. The Labute approximate surface area is 215 Å². The monoisotopic (exact) mass is 570 g/mol. The topological polar surface area (TPSA) is 49.9 Å². The van der Waals surface area contributed by atoms with Crippen LogP contribution in [0.3, 0.4) is 0 Å². The number of hydrogen-bond donors (Lipinski definition) is 0. The molecule has 0 bridgehead atoms. The van der Waals surface area contributed by atoms with E-state index in [1.165, 1.54) is 23.1 Å². The molecular weight excluding hydrogens is 545 g/mol. The number of amides is 2. The van der Waals surface area contributed by atoms with Crippen molar-refractivity contribution in [2.75, 3.05) is 26.2 Å². The van der Waals surface area contributed by atoms with Crippen LogP contribution in [0.5, 0.6) is 0 Å². The molecule has 1 aliphatic rings. The Morgan fingerprint density at radius 1 is 0.971 bits per heavy atom. The molecule has 2 aromatic rings. The fraction of sp³-hybridized carbons (Fsp3) is 0.360. The van der Waals surface area contributed by atoms with Gasteiger partial charge in [0.15, 0.2) is 0 Å². The summed E-state index contributed by atoms with van der Waals surface area (Å²) < 4.78 is 47.3. The lowest BCUT2D eigenvalue weighted by atomic mass is 10.1. The minimum absolute atomic E-state index is 0.0751. The molecule has 1 saturated heterocycles. The fourth-order valence-electron chi connectivity index (χ4n) is 3.32. The molecule has 5 nitrogen and oxygen atoms in total. The molecule has 0 aromatic heterocycles. The van der Waals surface area contributed by atoms with Crippen molar-refractivity contribution in [2.24, 2.45) is 0 Å². The summed E-state index contributed by atoms with van der Waals surface area (Å²) >= 11 is 4.38. The largest absolute Gasteiger partial charge is 0.444 e. The van der Waals surface area contributed by atoms with E-state index in [9.17, 15) is 22.8 Å². The molecule has 1 heterocycles. The van der Waals surface area contributed by atoms with Crippen LogP contribution in [0.25, 0.3) is 6.08 Å². The van der Waals surface area contributed by atoms with Gasteiger partial charge in [-0.2, -0.15) is 13.2 Å². The zero-order valence-corrected chi connectivity index (χ0v) is 22.0. The number of alkyl halides is 3. The van der Waals surface area contributed by atoms with Crippen molar-refractivity contribution >= 4 is 45.8 Å². The maximum absolute atomic E-state index is 13.8. The van der Waals surface area contributed by atoms with Gasteiger partial charge in [-0.15, -0.1) is 0 Å². The van der Waals surface area contributed by atoms with Gasteiger partial charge >= 0.3 is 12.3 Å². The third-order valence-corrected chi connectivity index (χ3v) is 7.13. The van der Waals surface area contributed by atoms with E-state index in [-0.39, 0.29) is 16.4 Å². The number of carbonyl (C=O) groups is 2. The lowest BCUT2D eigenvalue weighted by molar-refractivity contribution is -0.139. The van der Waals surface area contributed by atoms with Crippen LogP contribution >= 0.6 is 27.7 Å². The Balaban J connectivity index is 1.67. The van der Waals surface area contributed by atoms with Gasteiger partial charge in [-0.05, 0) is 72.6 Å². The summed E-state index contributed by atoms with van der Waals surface area (Å²) in [7, 11) is 0. The Bertz CT molecular complexity index is 1110. The van der Waals surface area contributed by atoms with Crippen molar-refractivity contribution in [1.29, 1.82) is 0 Å². The maximum Gasteiger partial charge on any atom is 0.417 e. The highest BCUT2D eigenvalue weighted by Crippen LogP contribution is 2.42. The first-order valence-corrected chi connectivity index (χ1v) is 12.5. The average Bonchev–Trinajstić information content (AvgIpc) is 2.78. The molecule has 188 valence electrons. The number of carbonyl (C=O) groups excluding carboxylic acids is 2. The van der Waals surface area contributed by atoms with Gasteiger partial charge in [-0.3, -0.25) is 4.79 Å². The molecule has 1 aliphatic heterocycles. The van der Waals surface area contributed by atoms with Gasteiger partial charge < -0.3 is 14.5 Å². The van der Waals surface area contributed by atoms with Crippen LogP contribution in [0, 0.1) is 0 Å². The number of ether oxygens (including phenoxy) is 1. The Morgan fingerprint density at radius 3 is 2.20 bits per heavy atom. The first-order chi connectivity index (χ1) is 16.3. The van der Waals surface area contributed by atoms with Crippen LogP contribution < -0.4 is 0 Å². The van der Waals surface area contributed by atoms with Gasteiger partial charge in [-0.25, -0.2) is 4.79 Å². The van der Waals surface area contributed by atoms with Crippen molar-refractivity contribution in [3.8, 4) is 0 Å². The van der Waals surface area contributed by atoms with E-state index < -0.39 is 23.4 Å². The van der Waals surface area contributed by atoms with Gasteiger partial charge in [-0.1, -0.05) is 30.0 Å². The summed E-state index contributed by atoms with van der Waals surface area (Å²) in [4.78, 5) is 28.6. The smallest absolute Gasteiger partial charge is 0.417 e. The molecular formula is C25H26BrF3N2O3S. The number of hydrogen-bond acceptors (Lipinski definition) is 4. The summed E-state index contributed by atoms with van der Waals surface area (Å²) in [5.74, 6) is -0.325. The molecule has 2 aromatic carbocycles. The third kappa shape index (κ3) is 7.76. The lowest BCUT2D eigenvalue weighted by Crippen LogP contribution is -2.51. The van der Waals surface area contributed by atoms with Crippen molar-refractivity contribution in [3.63, 3.8) is 0 Å². The second kappa shape index (κ2) is 11.1. The highest BCUT2D eigenvalue weighted by atomic mass is 79.9. The summed E-state index contributed by atoms with van der Waals surface area (Å²) in [6.07, 6.45) is -2.33. The van der Waals surface area contributed by atoms with Crippen molar-refractivity contribution < 1.29 is 27.5 Å². The lowest BCUT2D eigenvalue weighted by Gasteiger charge is -2.35. The van der Waals surface area contributed by atoms with Gasteiger partial charge in [0.1, 0.15) is 5.60 Å².